The van der Waals surface area contributed by atoms with Gasteiger partial charge in [-0.15, -0.1) is 0 Å². The molecule has 0 aliphatic carbocycles. The zero-order valence-corrected chi connectivity index (χ0v) is 10.3. The Morgan fingerprint density at radius 2 is 2.47 bits per heavy atom. The average Bonchev–Trinajstić information content (AvgIpc) is 2.68. The highest BCUT2D eigenvalue weighted by Crippen LogP contribution is 2.16. The molecule has 0 aromatic carbocycles. The van der Waals surface area contributed by atoms with Crippen LogP contribution in [0.4, 0.5) is 0 Å². The summed E-state index contributed by atoms with van der Waals surface area (Å²) in [6.45, 7) is 3.17. The summed E-state index contributed by atoms with van der Waals surface area (Å²) in [5, 5.41) is 0. The van der Waals surface area contributed by atoms with E-state index in [1.165, 1.54) is 0 Å². The van der Waals surface area contributed by atoms with E-state index in [0.717, 1.165) is 31.0 Å². The summed E-state index contributed by atoms with van der Waals surface area (Å²) in [5.41, 5.74) is 2.84. The molecule has 0 bridgehead atoms. The number of nitrogens with one attached hydrogen (secondary N) is 1. The van der Waals surface area contributed by atoms with Gasteiger partial charge >= 0.3 is 0 Å². The Balaban J connectivity index is 2.67. The molecule has 3 N–H and O–H groups in total. The molecule has 86 valence electrons. The lowest BCUT2D eigenvalue weighted by Gasteiger charge is -2.16. The molecule has 1 atom stereocenters. The molecule has 1 aromatic heterocycles. The van der Waals surface area contributed by atoms with E-state index in [1.807, 2.05) is 24.2 Å². The number of hydrogen-bond donors (Lipinski definition) is 2. The van der Waals surface area contributed by atoms with E-state index in [0.29, 0.717) is 0 Å². The molecule has 1 rings (SSSR count). The Morgan fingerprint density at radius 1 is 1.67 bits per heavy atom. The summed E-state index contributed by atoms with van der Waals surface area (Å²) in [5.74, 6) is 7.70. The number of imidazole rings is 1. The van der Waals surface area contributed by atoms with Gasteiger partial charge in [-0.25, -0.2) is 10.4 Å². The van der Waals surface area contributed by atoms with Gasteiger partial charge in [0, 0.05) is 18.9 Å². The fourth-order valence-corrected chi connectivity index (χ4v) is 2.05. The third-order valence-corrected chi connectivity index (χ3v) is 2.98. The quantitative estimate of drug-likeness (QED) is 0.549. The number of aromatic nitrogens is 2. The third-order valence-electron chi connectivity index (χ3n) is 2.34. The van der Waals surface area contributed by atoms with Crippen LogP contribution in [0, 0.1) is 0 Å². The monoisotopic (exact) mass is 228 g/mol. The first-order valence-electron chi connectivity index (χ1n) is 5.29. The van der Waals surface area contributed by atoms with Crippen molar-refractivity contribution in [1.82, 2.24) is 15.0 Å². The van der Waals surface area contributed by atoms with Gasteiger partial charge in [0.05, 0.1) is 6.04 Å². The van der Waals surface area contributed by atoms with E-state index < -0.39 is 0 Å². The Hall–Kier alpha value is -0.520. The first kappa shape index (κ1) is 12.5. The number of thioether (sulfide) groups is 1. The van der Waals surface area contributed by atoms with Gasteiger partial charge in [-0.2, -0.15) is 11.8 Å². The van der Waals surface area contributed by atoms with Crippen molar-refractivity contribution in [3.8, 4) is 0 Å². The molecule has 0 aliphatic rings. The van der Waals surface area contributed by atoms with Gasteiger partial charge in [-0.1, -0.05) is 6.92 Å². The number of rotatable bonds is 7. The highest BCUT2D eigenvalue weighted by molar-refractivity contribution is 7.98. The minimum Gasteiger partial charge on any atom is -0.334 e. The fourth-order valence-electron chi connectivity index (χ4n) is 1.58. The highest BCUT2D eigenvalue weighted by Gasteiger charge is 2.14. The lowest BCUT2D eigenvalue weighted by atomic mass is 10.2. The van der Waals surface area contributed by atoms with Gasteiger partial charge in [0.25, 0.3) is 0 Å². The van der Waals surface area contributed by atoms with Gasteiger partial charge in [-0.05, 0) is 24.9 Å². The van der Waals surface area contributed by atoms with E-state index in [2.05, 4.69) is 28.2 Å². The number of hydrazine groups is 1. The van der Waals surface area contributed by atoms with Gasteiger partial charge in [0.1, 0.15) is 5.82 Å². The van der Waals surface area contributed by atoms with Crippen LogP contribution in [-0.4, -0.2) is 21.6 Å². The smallest absolute Gasteiger partial charge is 0.127 e. The van der Waals surface area contributed by atoms with Crippen LogP contribution >= 0.6 is 11.8 Å². The Labute approximate surface area is 95.6 Å². The first-order valence-corrected chi connectivity index (χ1v) is 6.69. The van der Waals surface area contributed by atoms with Crippen LogP contribution in [0.15, 0.2) is 12.4 Å². The van der Waals surface area contributed by atoms with Crippen molar-refractivity contribution < 1.29 is 0 Å². The highest BCUT2D eigenvalue weighted by atomic mass is 32.2. The van der Waals surface area contributed by atoms with Gasteiger partial charge in [0.2, 0.25) is 0 Å². The van der Waals surface area contributed by atoms with Gasteiger partial charge < -0.3 is 4.57 Å². The maximum absolute atomic E-state index is 5.56. The van der Waals surface area contributed by atoms with Crippen LogP contribution in [0.3, 0.4) is 0 Å². The summed E-state index contributed by atoms with van der Waals surface area (Å²) < 4.78 is 2.17. The molecule has 0 saturated carbocycles. The standard InChI is InChI=1S/C10H20N4S/c1-3-6-14-7-5-12-10(14)9(13-11)4-8-15-2/h5,7,9,13H,3-4,6,8,11H2,1-2H3. The summed E-state index contributed by atoms with van der Waals surface area (Å²) in [7, 11) is 0. The van der Waals surface area contributed by atoms with Gasteiger partial charge in [0.15, 0.2) is 0 Å². The lowest BCUT2D eigenvalue weighted by Crippen LogP contribution is -2.30. The second-order valence-electron chi connectivity index (χ2n) is 3.48. The number of aryl methyl sites for hydroxylation is 1. The summed E-state index contributed by atoms with van der Waals surface area (Å²) >= 11 is 1.83. The Morgan fingerprint density at radius 3 is 3.07 bits per heavy atom. The molecule has 1 aromatic rings. The van der Waals surface area contributed by atoms with Crippen molar-refractivity contribution in [1.29, 1.82) is 0 Å². The van der Waals surface area contributed by atoms with Crippen LogP contribution in [0.5, 0.6) is 0 Å². The molecule has 0 radical (unpaired) electrons. The minimum atomic E-state index is 0.166. The molecule has 15 heavy (non-hydrogen) atoms. The van der Waals surface area contributed by atoms with Crippen LogP contribution in [0.1, 0.15) is 31.6 Å². The summed E-state index contributed by atoms with van der Waals surface area (Å²) in [4.78, 5) is 4.37. The first-order chi connectivity index (χ1) is 7.33. The van der Waals surface area contributed by atoms with Gasteiger partial charge in [-0.3, -0.25) is 5.84 Å². The molecule has 4 nitrogen and oxygen atoms in total. The molecular weight excluding hydrogens is 208 g/mol. The van der Waals surface area contributed by atoms with Crippen LogP contribution < -0.4 is 11.3 Å². The number of nitrogens with two attached hydrogens (primary N) is 1. The third kappa shape index (κ3) is 3.52. The topological polar surface area (TPSA) is 55.9 Å². The van der Waals surface area contributed by atoms with Crippen molar-refractivity contribution in [2.75, 3.05) is 12.0 Å². The lowest BCUT2D eigenvalue weighted by molar-refractivity contribution is 0.481. The van der Waals surface area contributed by atoms with Crippen molar-refractivity contribution in [2.45, 2.75) is 32.4 Å². The Bertz CT molecular complexity index is 274. The molecule has 1 heterocycles. The van der Waals surface area contributed by atoms with E-state index in [9.17, 15) is 0 Å². The maximum Gasteiger partial charge on any atom is 0.127 e. The van der Waals surface area contributed by atoms with Crippen LogP contribution in [-0.2, 0) is 6.54 Å². The number of hydrogen-bond acceptors (Lipinski definition) is 4. The predicted molar refractivity (Wildman–Crippen MR) is 65.6 cm³/mol. The molecule has 0 aliphatic heterocycles. The van der Waals surface area contributed by atoms with Crippen molar-refractivity contribution >= 4 is 11.8 Å². The second-order valence-corrected chi connectivity index (χ2v) is 4.47. The van der Waals surface area contributed by atoms with Crippen LogP contribution in [0.2, 0.25) is 0 Å². The summed E-state index contributed by atoms with van der Waals surface area (Å²) in [6.07, 6.45) is 8.09. The molecule has 5 heteroatoms. The van der Waals surface area contributed by atoms with E-state index >= 15 is 0 Å². The molecule has 0 amide bonds. The summed E-state index contributed by atoms with van der Waals surface area (Å²) in [6, 6.07) is 0.166. The molecular formula is C10H20N4S. The normalized spacial score (nSPS) is 13.0. The minimum absolute atomic E-state index is 0.166. The van der Waals surface area contributed by atoms with E-state index in [4.69, 9.17) is 5.84 Å². The largest absolute Gasteiger partial charge is 0.334 e. The number of nitrogens with zero attached hydrogens (tertiary/aromatic N) is 2. The zero-order chi connectivity index (χ0) is 11.1. The predicted octanol–water partition coefficient (Wildman–Crippen LogP) is 1.55. The second kappa shape index (κ2) is 6.87. The molecule has 0 fully saturated rings. The molecule has 0 saturated heterocycles. The van der Waals surface area contributed by atoms with Crippen molar-refractivity contribution in [2.24, 2.45) is 5.84 Å². The van der Waals surface area contributed by atoms with E-state index in [-0.39, 0.29) is 6.04 Å². The molecule has 1 unspecified atom stereocenters. The van der Waals surface area contributed by atoms with E-state index in [1.54, 1.807) is 0 Å². The Kier molecular flexibility index (Phi) is 5.75. The SMILES string of the molecule is CCCn1ccnc1C(CCSC)NN. The maximum atomic E-state index is 5.56. The zero-order valence-electron chi connectivity index (χ0n) is 9.44. The van der Waals surface area contributed by atoms with Crippen LogP contribution in [0.25, 0.3) is 0 Å². The van der Waals surface area contributed by atoms with Crippen molar-refractivity contribution in [3.05, 3.63) is 18.2 Å². The fraction of sp³-hybridized carbons (Fsp3) is 0.700. The molecule has 0 spiro atoms. The average molecular weight is 228 g/mol. The van der Waals surface area contributed by atoms with Crippen molar-refractivity contribution in [3.63, 3.8) is 0 Å².